The van der Waals surface area contributed by atoms with Crippen molar-refractivity contribution in [3.8, 4) is 0 Å². The number of benzene rings is 1. The highest BCUT2D eigenvalue weighted by Gasteiger charge is 2.69. The van der Waals surface area contributed by atoms with Gasteiger partial charge in [-0.3, -0.25) is 14.8 Å². The number of esters is 1. The Balaban J connectivity index is 1.26. The Hall–Kier alpha value is -2.05. The van der Waals surface area contributed by atoms with Crippen molar-refractivity contribution in [2.45, 2.75) is 111 Å². The second-order valence-electron chi connectivity index (χ2n) is 17.2. The molecule has 3 fully saturated rings. The molecule has 5 aliphatic rings. The minimum absolute atomic E-state index is 0.00180. The van der Waals surface area contributed by atoms with E-state index in [0.717, 1.165) is 79.2 Å². The van der Waals surface area contributed by atoms with E-state index in [0.29, 0.717) is 18.4 Å². The van der Waals surface area contributed by atoms with Crippen LogP contribution in [0.15, 0.2) is 52.8 Å². The van der Waals surface area contributed by atoms with Gasteiger partial charge in [-0.1, -0.05) is 81.3 Å². The first kappa shape index (κ1) is 31.5. The van der Waals surface area contributed by atoms with Crippen molar-refractivity contribution in [1.29, 1.82) is 0 Å². The summed E-state index contributed by atoms with van der Waals surface area (Å²) in [5.74, 6) is 1.03. The van der Waals surface area contributed by atoms with Crippen molar-refractivity contribution < 1.29 is 14.6 Å². The zero-order chi connectivity index (χ0) is 32.0. The van der Waals surface area contributed by atoms with Crippen molar-refractivity contribution in [2.24, 2.45) is 44.8 Å². The predicted octanol–water partition coefficient (Wildman–Crippen LogP) is 8.77. The topological polar surface area (TPSA) is 72.3 Å². The molecule has 242 valence electrons. The summed E-state index contributed by atoms with van der Waals surface area (Å²) in [6, 6.07) is 8.09. The van der Waals surface area contributed by atoms with E-state index in [1.54, 1.807) is 11.8 Å². The second kappa shape index (κ2) is 10.5. The Kier molecular flexibility index (Phi) is 7.34. The third-order valence-corrected chi connectivity index (χ3v) is 15.0. The van der Waals surface area contributed by atoms with Crippen molar-refractivity contribution >= 4 is 21.9 Å². The third kappa shape index (κ3) is 4.43. The van der Waals surface area contributed by atoms with Gasteiger partial charge in [0.15, 0.2) is 0 Å². The number of hydrogen-bond acceptors (Lipinski definition) is 5. The standard InChI is InChI=1S/C39H51BrN2O3/c1-34(2)14-16-39(33(44)45-23-25-8-7-9-26(40)20-25)17-15-37(5)27(28(39)21-34)10-11-31-35(3)22-29-32(42-19-18-41-29)36(4,24-43)30(35)12-13-38(31,37)6/h7-10,18-20,28,30-31,43H,11-17,21-24H2,1-6H3/t28-,30+,31+,35-,36-,37+,38+,39-/m0/s1. The molecule has 6 heteroatoms. The molecular formula is C39H51BrN2O3. The molecule has 7 rings (SSSR count). The largest absolute Gasteiger partial charge is 0.460 e. The van der Waals surface area contributed by atoms with E-state index in [2.05, 4.69) is 63.5 Å². The number of fused-ring (bicyclic) bond motifs is 8. The second-order valence-corrected chi connectivity index (χ2v) is 18.1. The Morgan fingerprint density at radius 2 is 1.76 bits per heavy atom. The summed E-state index contributed by atoms with van der Waals surface area (Å²) in [4.78, 5) is 24.0. The first-order valence-electron chi connectivity index (χ1n) is 17.3. The van der Waals surface area contributed by atoms with Crippen LogP contribution in [0.4, 0.5) is 0 Å². The number of rotatable bonds is 4. The van der Waals surface area contributed by atoms with Gasteiger partial charge in [0, 0.05) is 22.3 Å². The molecule has 2 aromatic rings. The van der Waals surface area contributed by atoms with Crippen LogP contribution in [0, 0.1) is 44.8 Å². The number of aliphatic hydroxyl groups excluding tert-OH is 1. The molecule has 1 N–H and O–H groups in total. The molecule has 0 radical (unpaired) electrons. The molecule has 8 atom stereocenters. The first-order chi connectivity index (χ1) is 21.2. The van der Waals surface area contributed by atoms with Gasteiger partial charge in [0.1, 0.15) is 6.61 Å². The van der Waals surface area contributed by atoms with Crippen LogP contribution in [0.3, 0.4) is 0 Å². The van der Waals surface area contributed by atoms with Gasteiger partial charge in [0.05, 0.1) is 23.4 Å². The van der Waals surface area contributed by atoms with Gasteiger partial charge in [-0.05, 0) is 115 Å². The SMILES string of the molecule is CC1(C)CC[C@]2(C(=O)OCc3cccc(Br)c3)CC[C@]3(C)C(=CC[C@@H]4[C@@]5(C)Cc6nccnc6[C@@](C)(CO)[C@@H]5CC[C@]43C)[C@@H]2C1. The predicted molar refractivity (Wildman–Crippen MR) is 180 cm³/mol. The summed E-state index contributed by atoms with van der Waals surface area (Å²) in [5.41, 5.74) is 4.08. The minimum Gasteiger partial charge on any atom is -0.460 e. The van der Waals surface area contributed by atoms with E-state index >= 15 is 0 Å². The van der Waals surface area contributed by atoms with E-state index in [4.69, 9.17) is 14.7 Å². The minimum atomic E-state index is -0.452. The molecule has 3 saturated carbocycles. The molecular weight excluding hydrogens is 624 g/mol. The number of carbonyl (C=O) groups is 1. The number of hydrogen-bond donors (Lipinski definition) is 1. The fourth-order valence-electron chi connectivity index (χ4n) is 11.9. The number of allylic oxidation sites excluding steroid dienone is 2. The Morgan fingerprint density at radius 3 is 2.51 bits per heavy atom. The summed E-state index contributed by atoms with van der Waals surface area (Å²) in [6.07, 6.45) is 15.3. The molecule has 0 bridgehead atoms. The summed E-state index contributed by atoms with van der Waals surface area (Å²) in [5, 5.41) is 10.9. The molecule has 0 aliphatic heterocycles. The maximum absolute atomic E-state index is 14.3. The Labute approximate surface area is 278 Å². The molecule has 5 aliphatic carbocycles. The van der Waals surface area contributed by atoms with Gasteiger partial charge < -0.3 is 9.84 Å². The third-order valence-electron chi connectivity index (χ3n) is 14.5. The smallest absolute Gasteiger partial charge is 0.313 e. The molecule has 1 aromatic heterocycles. The average Bonchev–Trinajstić information content (AvgIpc) is 3.00. The fourth-order valence-corrected chi connectivity index (χ4v) is 12.3. The highest BCUT2D eigenvalue weighted by Crippen LogP contribution is 2.75. The van der Waals surface area contributed by atoms with Crippen molar-refractivity contribution in [3.05, 3.63) is 69.7 Å². The lowest BCUT2D eigenvalue weighted by Crippen LogP contribution is -2.65. The first-order valence-corrected chi connectivity index (χ1v) is 18.1. The Morgan fingerprint density at radius 1 is 1.00 bits per heavy atom. The van der Waals surface area contributed by atoms with E-state index in [-0.39, 0.29) is 40.2 Å². The molecule has 0 unspecified atom stereocenters. The van der Waals surface area contributed by atoms with Crippen LogP contribution < -0.4 is 0 Å². The number of halogens is 1. The van der Waals surface area contributed by atoms with Gasteiger partial charge in [-0.15, -0.1) is 0 Å². The zero-order valence-corrected chi connectivity index (χ0v) is 29.7. The summed E-state index contributed by atoms with van der Waals surface area (Å²) < 4.78 is 7.23. The molecule has 45 heavy (non-hydrogen) atoms. The van der Waals surface area contributed by atoms with Gasteiger partial charge in [-0.2, -0.15) is 0 Å². The quantitative estimate of drug-likeness (QED) is 0.259. The molecule has 0 spiro atoms. The number of ether oxygens (including phenoxy) is 1. The van der Waals surface area contributed by atoms with Crippen LogP contribution in [-0.2, 0) is 28.0 Å². The zero-order valence-electron chi connectivity index (χ0n) is 28.1. The molecule has 0 saturated heterocycles. The van der Waals surface area contributed by atoms with Crippen LogP contribution in [0.25, 0.3) is 0 Å². The lowest BCUT2D eigenvalue weighted by atomic mass is 9.33. The van der Waals surface area contributed by atoms with Crippen LogP contribution >= 0.6 is 15.9 Å². The fraction of sp³-hybridized carbons (Fsp3) is 0.667. The van der Waals surface area contributed by atoms with E-state index < -0.39 is 10.8 Å². The maximum atomic E-state index is 14.3. The summed E-state index contributed by atoms with van der Waals surface area (Å²) in [6.45, 7) is 15.1. The molecule has 1 heterocycles. The number of nitrogens with zero attached hydrogens (tertiary/aromatic N) is 2. The summed E-state index contributed by atoms with van der Waals surface area (Å²) in [7, 11) is 0. The van der Waals surface area contributed by atoms with E-state index in [1.165, 1.54) is 0 Å². The number of aliphatic hydroxyl groups is 1. The van der Waals surface area contributed by atoms with E-state index in [9.17, 15) is 9.90 Å². The van der Waals surface area contributed by atoms with Gasteiger partial charge >= 0.3 is 5.97 Å². The van der Waals surface area contributed by atoms with Crippen LogP contribution in [-0.4, -0.2) is 27.7 Å². The lowest BCUT2D eigenvalue weighted by molar-refractivity contribution is -0.184. The maximum Gasteiger partial charge on any atom is 0.313 e. The normalized spacial score (nSPS) is 41.3. The average molecular weight is 676 g/mol. The van der Waals surface area contributed by atoms with E-state index in [1.807, 2.05) is 30.5 Å². The van der Waals surface area contributed by atoms with Crippen LogP contribution in [0.5, 0.6) is 0 Å². The number of carbonyl (C=O) groups excluding carboxylic acids is 1. The van der Waals surface area contributed by atoms with Gasteiger partial charge in [0.2, 0.25) is 0 Å². The van der Waals surface area contributed by atoms with Crippen molar-refractivity contribution in [1.82, 2.24) is 9.97 Å². The van der Waals surface area contributed by atoms with Gasteiger partial charge in [0.25, 0.3) is 0 Å². The van der Waals surface area contributed by atoms with Crippen LogP contribution in [0.1, 0.15) is 110 Å². The molecule has 5 nitrogen and oxygen atoms in total. The van der Waals surface area contributed by atoms with Crippen molar-refractivity contribution in [3.63, 3.8) is 0 Å². The lowest BCUT2D eigenvalue weighted by Gasteiger charge is -2.70. The monoisotopic (exact) mass is 674 g/mol. The number of aromatic nitrogens is 2. The summed E-state index contributed by atoms with van der Waals surface area (Å²) >= 11 is 3.57. The van der Waals surface area contributed by atoms with Gasteiger partial charge in [-0.25, -0.2) is 0 Å². The van der Waals surface area contributed by atoms with Crippen LogP contribution in [0.2, 0.25) is 0 Å². The highest BCUT2D eigenvalue weighted by atomic mass is 79.9. The molecule has 0 amide bonds. The Bertz CT molecular complexity index is 1550. The molecule has 1 aromatic carbocycles. The highest BCUT2D eigenvalue weighted by molar-refractivity contribution is 9.10. The van der Waals surface area contributed by atoms with Crippen molar-refractivity contribution in [2.75, 3.05) is 6.61 Å².